The van der Waals surface area contributed by atoms with Gasteiger partial charge in [0.2, 0.25) is 0 Å². The normalized spacial score (nSPS) is 12.8. The van der Waals surface area contributed by atoms with Crippen LogP contribution in [0.2, 0.25) is 0 Å². The second-order valence-electron chi connectivity index (χ2n) is 4.63. The number of alkyl halides is 1. The molecule has 0 N–H and O–H groups in total. The summed E-state index contributed by atoms with van der Waals surface area (Å²) in [4.78, 5) is 12.2. The Labute approximate surface area is 124 Å². The molecule has 2 heterocycles. The molecule has 3 rings (SSSR count). The molecule has 1 aromatic carbocycles. The van der Waals surface area contributed by atoms with Crippen molar-refractivity contribution in [1.82, 2.24) is 19.5 Å². The van der Waals surface area contributed by atoms with Crippen molar-refractivity contribution in [2.45, 2.75) is 18.8 Å². The summed E-state index contributed by atoms with van der Waals surface area (Å²) >= 11 is 6.11. The highest BCUT2D eigenvalue weighted by atomic mass is 35.5. The van der Waals surface area contributed by atoms with Crippen LogP contribution in [0, 0.1) is 11.6 Å². The fraction of sp³-hybridized carbons (Fsp3) is 0.214. The Kier molecular flexibility index (Phi) is 3.55. The third kappa shape index (κ3) is 2.58. The molecular weight excluding hydrogens is 298 g/mol. The molecule has 21 heavy (non-hydrogen) atoms. The molecule has 0 radical (unpaired) electrons. The van der Waals surface area contributed by atoms with Gasteiger partial charge in [-0.1, -0.05) is 0 Å². The van der Waals surface area contributed by atoms with Crippen molar-refractivity contribution < 1.29 is 8.78 Å². The maximum atomic E-state index is 13.9. The van der Waals surface area contributed by atoms with Crippen LogP contribution >= 0.6 is 11.6 Å². The minimum Gasteiger partial charge on any atom is -0.320 e. The molecule has 0 aliphatic heterocycles. The van der Waals surface area contributed by atoms with Gasteiger partial charge in [-0.3, -0.25) is 0 Å². The van der Waals surface area contributed by atoms with Gasteiger partial charge in [-0.05, 0) is 19.1 Å². The molecule has 0 amide bonds. The van der Waals surface area contributed by atoms with Crippen molar-refractivity contribution in [3.8, 4) is 0 Å². The Morgan fingerprint density at radius 3 is 2.81 bits per heavy atom. The molecular formula is C14H11ClF2N4. The van der Waals surface area contributed by atoms with Gasteiger partial charge in [0.1, 0.15) is 23.5 Å². The highest BCUT2D eigenvalue weighted by Gasteiger charge is 2.19. The molecule has 0 aliphatic rings. The van der Waals surface area contributed by atoms with Crippen molar-refractivity contribution >= 4 is 22.6 Å². The molecule has 0 aliphatic carbocycles. The molecule has 1 atom stereocenters. The van der Waals surface area contributed by atoms with Gasteiger partial charge in [-0.15, -0.1) is 11.6 Å². The van der Waals surface area contributed by atoms with Crippen LogP contribution in [0.3, 0.4) is 0 Å². The largest absolute Gasteiger partial charge is 0.320 e. The number of fused-ring (bicyclic) bond motifs is 1. The molecule has 0 bridgehead atoms. The van der Waals surface area contributed by atoms with Crippen LogP contribution in [0.1, 0.15) is 23.8 Å². The van der Waals surface area contributed by atoms with Gasteiger partial charge in [0, 0.05) is 12.3 Å². The lowest BCUT2D eigenvalue weighted by Crippen LogP contribution is -2.07. The molecule has 3 aromatic rings. The molecule has 108 valence electrons. The van der Waals surface area contributed by atoms with E-state index in [0.29, 0.717) is 23.6 Å². The van der Waals surface area contributed by atoms with Crippen LogP contribution in [0.4, 0.5) is 8.78 Å². The first-order valence-electron chi connectivity index (χ1n) is 6.30. The molecule has 4 nitrogen and oxygen atoms in total. The van der Waals surface area contributed by atoms with Gasteiger partial charge in [-0.25, -0.2) is 23.7 Å². The minimum absolute atomic E-state index is 0.105. The zero-order chi connectivity index (χ0) is 15.0. The van der Waals surface area contributed by atoms with E-state index in [2.05, 4.69) is 15.0 Å². The maximum Gasteiger partial charge on any atom is 0.153 e. The average Bonchev–Trinajstić information content (AvgIpc) is 2.79. The summed E-state index contributed by atoms with van der Waals surface area (Å²) < 4.78 is 29.0. The van der Waals surface area contributed by atoms with Crippen molar-refractivity contribution in [2.24, 2.45) is 0 Å². The van der Waals surface area contributed by atoms with E-state index in [1.807, 2.05) is 0 Å². The van der Waals surface area contributed by atoms with E-state index >= 15 is 0 Å². The van der Waals surface area contributed by atoms with E-state index in [4.69, 9.17) is 11.6 Å². The standard InChI is InChI=1S/C14H11ClF2N4/c1-8(15)14-20-13-11(17)4-9(16)5-12(13)21(14)6-10-2-3-18-7-19-10/h2-5,7-8H,6H2,1H3. The Hall–Kier alpha value is -2.08. The third-order valence-corrected chi connectivity index (χ3v) is 3.32. The van der Waals surface area contributed by atoms with Crippen LogP contribution in [0.15, 0.2) is 30.7 Å². The van der Waals surface area contributed by atoms with Crippen LogP contribution in [-0.2, 0) is 6.54 Å². The Balaban J connectivity index is 2.21. The van der Waals surface area contributed by atoms with E-state index in [9.17, 15) is 8.78 Å². The van der Waals surface area contributed by atoms with Crippen LogP contribution < -0.4 is 0 Å². The quantitative estimate of drug-likeness (QED) is 0.696. The highest BCUT2D eigenvalue weighted by molar-refractivity contribution is 6.20. The smallest absolute Gasteiger partial charge is 0.153 e. The third-order valence-electron chi connectivity index (χ3n) is 3.12. The number of aromatic nitrogens is 4. The number of hydrogen-bond acceptors (Lipinski definition) is 3. The Morgan fingerprint density at radius 1 is 1.33 bits per heavy atom. The molecule has 7 heteroatoms. The van der Waals surface area contributed by atoms with Gasteiger partial charge in [0.05, 0.1) is 23.1 Å². The number of imidazole rings is 1. The number of benzene rings is 1. The molecule has 0 saturated heterocycles. The first-order chi connectivity index (χ1) is 10.1. The summed E-state index contributed by atoms with van der Waals surface area (Å²) in [6.45, 7) is 2.04. The van der Waals surface area contributed by atoms with Crippen LogP contribution in [0.25, 0.3) is 11.0 Å². The van der Waals surface area contributed by atoms with Crippen LogP contribution in [-0.4, -0.2) is 19.5 Å². The van der Waals surface area contributed by atoms with Crippen molar-refractivity contribution in [1.29, 1.82) is 0 Å². The maximum absolute atomic E-state index is 13.9. The monoisotopic (exact) mass is 308 g/mol. The van der Waals surface area contributed by atoms with E-state index in [0.717, 1.165) is 6.07 Å². The minimum atomic E-state index is -0.704. The summed E-state index contributed by atoms with van der Waals surface area (Å²) in [7, 11) is 0. The fourth-order valence-corrected chi connectivity index (χ4v) is 2.38. The first-order valence-corrected chi connectivity index (χ1v) is 6.74. The zero-order valence-corrected chi connectivity index (χ0v) is 11.8. The zero-order valence-electron chi connectivity index (χ0n) is 11.1. The molecule has 0 spiro atoms. The number of halogens is 3. The molecule has 0 fully saturated rings. The summed E-state index contributed by atoms with van der Waals surface area (Å²) in [6, 6.07) is 3.78. The summed E-state index contributed by atoms with van der Waals surface area (Å²) in [5.41, 5.74) is 1.16. The fourth-order valence-electron chi connectivity index (χ4n) is 2.21. The topological polar surface area (TPSA) is 43.6 Å². The van der Waals surface area contributed by atoms with E-state index in [1.165, 1.54) is 12.4 Å². The van der Waals surface area contributed by atoms with E-state index in [1.54, 1.807) is 23.8 Å². The molecule has 0 saturated carbocycles. The number of hydrogen-bond donors (Lipinski definition) is 0. The van der Waals surface area contributed by atoms with Gasteiger partial charge >= 0.3 is 0 Å². The van der Waals surface area contributed by atoms with Crippen molar-refractivity contribution in [3.05, 3.63) is 53.9 Å². The predicted octanol–water partition coefficient (Wildman–Crippen LogP) is 3.45. The number of rotatable bonds is 3. The lowest BCUT2D eigenvalue weighted by molar-refractivity contribution is 0.590. The second-order valence-corrected chi connectivity index (χ2v) is 5.28. The van der Waals surface area contributed by atoms with Crippen LogP contribution in [0.5, 0.6) is 0 Å². The molecule has 1 unspecified atom stereocenters. The summed E-state index contributed by atoms with van der Waals surface area (Å²) in [6.07, 6.45) is 3.02. The Bertz CT molecular complexity index is 787. The summed E-state index contributed by atoms with van der Waals surface area (Å²) in [5.74, 6) is -0.891. The SMILES string of the molecule is CC(Cl)c1nc2c(F)cc(F)cc2n1Cc1ccncn1. The molecule has 2 aromatic heterocycles. The number of nitrogens with zero attached hydrogens (tertiary/aromatic N) is 4. The highest BCUT2D eigenvalue weighted by Crippen LogP contribution is 2.27. The first kappa shape index (κ1) is 13.9. The lowest BCUT2D eigenvalue weighted by atomic mass is 10.3. The average molecular weight is 309 g/mol. The van der Waals surface area contributed by atoms with Crippen molar-refractivity contribution in [2.75, 3.05) is 0 Å². The van der Waals surface area contributed by atoms with Gasteiger partial charge < -0.3 is 4.57 Å². The van der Waals surface area contributed by atoms with Gasteiger partial charge in [0.25, 0.3) is 0 Å². The second kappa shape index (κ2) is 5.37. The van der Waals surface area contributed by atoms with E-state index < -0.39 is 17.0 Å². The Morgan fingerprint density at radius 2 is 2.14 bits per heavy atom. The van der Waals surface area contributed by atoms with E-state index in [-0.39, 0.29) is 5.52 Å². The van der Waals surface area contributed by atoms with Crippen molar-refractivity contribution in [3.63, 3.8) is 0 Å². The predicted molar refractivity (Wildman–Crippen MR) is 75.1 cm³/mol. The summed E-state index contributed by atoms with van der Waals surface area (Å²) in [5, 5.41) is -0.443. The van der Waals surface area contributed by atoms with Gasteiger partial charge in [0.15, 0.2) is 5.82 Å². The lowest BCUT2D eigenvalue weighted by Gasteiger charge is -2.09. The van der Waals surface area contributed by atoms with Gasteiger partial charge in [-0.2, -0.15) is 0 Å².